The van der Waals surface area contributed by atoms with Gasteiger partial charge in [-0.15, -0.1) is 0 Å². The average molecular weight is 200 g/mol. The summed E-state index contributed by atoms with van der Waals surface area (Å²) in [4.78, 5) is 11.7. The van der Waals surface area contributed by atoms with Gasteiger partial charge in [0.1, 0.15) is 11.9 Å². The van der Waals surface area contributed by atoms with Crippen molar-refractivity contribution in [2.75, 3.05) is 0 Å². The largest absolute Gasteiger partial charge is 0.485 e. The molecule has 0 aromatic heterocycles. The molecule has 0 spiro atoms. The van der Waals surface area contributed by atoms with E-state index in [9.17, 15) is 4.79 Å². The van der Waals surface area contributed by atoms with Gasteiger partial charge in [-0.2, -0.15) is 0 Å². The number of ether oxygens (including phenoxy) is 1. The van der Waals surface area contributed by atoms with E-state index in [0.29, 0.717) is 6.42 Å². The van der Waals surface area contributed by atoms with Crippen molar-refractivity contribution in [1.82, 2.24) is 0 Å². The van der Waals surface area contributed by atoms with Crippen LogP contribution in [0.15, 0.2) is 29.8 Å². The van der Waals surface area contributed by atoms with Crippen molar-refractivity contribution < 1.29 is 9.53 Å². The van der Waals surface area contributed by atoms with E-state index in [0.717, 1.165) is 29.7 Å². The maximum atomic E-state index is 11.7. The third-order valence-corrected chi connectivity index (χ3v) is 3.04. The highest BCUT2D eigenvalue weighted by Crippen LogP contribution is 2.34. The molecular formula is C13H12O2. The van der Waals surface area contributed by atoms with Gasteiger partial charge in [-0.3, -0.25) is 4.79 Å². The normalized spacial score (nSPS) is 23.6. The van der Waals surface area contributed by atoms with Crippen molar-refractivity contribution in [1.29, 1.82) is 0 Å². The molecule has 1 fully saturated rings. The maximum absolute atomic E-state index is 11.7. The first kappa shape index (κ1) is 8.72. The number of rotatable bonds is 0. The van der Waals surface area contributed by atoms with Crippen LogP contribution >= 0.6 is 0 Å². The average Bonchev–Trinajstić information content (AvgIpc) is 2.27. The Morgan fingerprint density at radius 2 is 2.13 bits per heavy atom. The van der Waals surface area contributed by atoms with Crippen molar-refractivity contribution in [3.63, 3.8) is 0 Å². The van der Waals surface area contributed by atoms with Gasteiger partial charge < -0.3 is 4.74 Å². The predicted molar refractivity (Wildman–Crippen MR) is 57.7 cm³/mol. The molecule has 0 amide bonds. The number of hydrogen-bond donors (Lipinski definition) is 0. The van der Waals surface area contributed by atoms with Gasteiger partial charge in [-0.05, 0) is 25.0 Å². The fourth-order valence-corrected chi connectivity index (χ4v) is 2.25. The highest BCUT2D eigenvalue weighted by atomic mass is 16.5. The number of fused-ring (bicyclic) bond motifs is 2. The Hall–Kier alpha value is -1.57. The molecule has 1 atom stereocenters. The van der Waals surface area contributed by atoms with E-state index in [2.05, 4.69) is 0 Å². The molecule has 3 rings (SSSR count). The lowest BCUT2D eigenvalue weighted by molar-refractivity contribution is -0.117. The van der Waals surface area contributed by atoms with Gasteiger partial charge in [-0.25, -0.2) is 0 Å². The highest BCUT2D eigenvalue weighted by Gasteiger charge is 2.30. The summed E-state index contributed by atoms with van der Waals surface area (Å²) in [6.45, 7) is 0. The lowest BCUT2D eigenvalue weighted by atomic mass is 9.87. The third kappa shape index (κ3) is 1.37. The Labute approximate surface area is 88.6 Å². The quantitative estimate of drug-likeness (QED) is 0.643. The Bertz CT molecular complexity index is 446. The van der Waals surface area contributed by atoms with E-state index in [1.54, 1.807) is 0 Å². The van der Waals surface area contributed by atoms with Gasteiger partial charge in [0.2, 0.25) is 0 Å². The van der Waals surface area contributed by atoms with Crippen molar-refractivity contribution >= 4 is 11.9 Å². The summed E-state index contributed by atoms with van der Waals surface area (Å²) in [5.41, 5.74) is 1.89. The molecule has 1 aromatic carbocycles. The second-order valence-electron chi connectivity index (χ2n) is 4.06. The zero-order chi connectivity index (χ0) is 10.3. The first-order valence-corrected chi connectivity index (χ1v) is 5.35. The van der Waals surface area contributed by atoms with E-state index < -0.39 is 0 Å². The molecule has 1 aromatic rings. The number of hydrogen-bond acceptors (Lipinski definition) is 2. The fourth-order valence-electron chi connectivity index (χ4n) is 2.25. The van der Waals surface area contributed by atoms with Gasteiger partial charge in [0.05, 0.1) is 0 Å². The molecule has 1 aliphatic carbocycles. The first-order chi connectivity index (χ1) is 7.34. The van der Waals surface area contributed by atoms with E-state index >= 15 is 0 Å². The number of para-hydroxylation sites is 1. The smallest absolute Gasteiger partial charge is 0.162 e. The van der Waals surface area contributed by atoms with Gasteiger partial charge in [-0.1, -0.05) is 18.2 Å². The fraction of sp³-hybridized carbons (Fsp3) is 0.308. The minimum absolute atomic E-state index is 0.00106. The van der Waals surface area contributed by atoms with Crippen LogP contribution in [0.2, 0.25) is 0 Å². The minimum Gasteiger partial charge on any atom is -0.485 e. The SMILES string of the molecule is O=C1CCCC2Oc3ccccc3C=C12. The second-order valence-corrected chi connectivity index (χ2v) is 4.06. The summed E-state index contributed by atoms with van der Waals surface area (Å²) >= 11 is 0. The number of ketones is 1. The van der Waals surface area contributed by atoms with Gasteiger partial charge in [0.25, 0.3) is 0 Å². The summed E-state index contributed by atoms with van der Waals surface area (Å²) in [6, 6.07) is 7.87. The van der Waals surface area contributed by atoms with Crippen LogP contribution in [0, 0.1) is 0 Å². The monoisotopic (exact) mass is 200 g/mol. The van der Waals surface area contributed by atoms with Crippen LogP contribution < -0.4 is 4.74 Å². The van der Waals surface area contributed by atoms with Gasteiger partial charge in [0.15, 0.2) is 5.78 Å². The molecule has 0 N–H and O–H groups in total. The van der Waals surface area contributed by atoms with Gasteiger partial charge >= 0.3 is 0 Å². The molecule has 15 heavy (non-hydrogen) atoms. The van der Waals surface area contributed by atoms with Gasteiger partial charge in [0, 0.05) is 17.6 Å². The standard InChI is InChI=1S/C13H12O2/c14-11-5-3-7-13-10(11)8-9-4-1-2-6-12(9)15-13/h1-2,4,6,8,13H,3,5,7H2. The molecule has 1 aliphatic heterocycles. The van der Waals surface area contributed by atoms with Crippen LogP contribution in [-0.4, -0.2) is 11.9 Å². The lowest BCUT2D eigenvalue weighted by Crippen LogP contribution is -2.30. The molecule has 0 bridgehead atoms. The molecule has 0 saturated heterocycles. The Balaban J connectivity index is 2.08. The zero-order valence-corrected chi connectivity index (χ0v) is 8.40. The Kier molecular flexibility index (Phi) is 1.88. The predicted octanol–water partition coefficient (Wildman–Crippen LogP) is 2.58. The molecule has 0 radical (unpaired) electrons. The second kappa shape index (κ2) is 3.23. The Morgan fingerprint density at radius 1 is 1.27 bits per heavy atom. The lowest BCUT2D eigenvalue weighted by Gasteiger charge is -2.29. The van der Waals surface area contributed by atoms with E-state index in [-0.39, 0.29) is 11.9 Å². The van der Waals surface area contributed by atoms with Crippen molar-refractivity contribution in [3.8, 4) is 5.75 Å². The zero-order valence-electron chi connectivity index (χ0n) is 8.40. The summed E-state index contributed by atoms with van der Waals surface area (Å²) in [5.74, 6) is 1.15. The highest BCUT2D eigenvalue weighted by molar-refractivity contribution is 6.02. The summed E-state index contributed by atoms with van der Waals surface area (Å²) in [6.07, 6.45) is 4.58. The number of benzene rings is 1. The molecule has 2 nitrogen and oxygen atoms in total. The molecule has 2 aliphatic rings. The van der Waals surface area contributed by atoms with E-state index in [1.165, 1.54) is 0 Å². The minimum atomic E-state index is 0.00106. The summed E-state index contributed by atoms with van der Waals surface area (Å²) < 4.78 is 5.82. The van der Waals surface area contributed by atoms with E-state index in [4.69, 9.17) is 4.74 Å². The first-order valence-electron chi connectivity index (χ1n) is 5.35. The van der Waals surface area contributed by atoms with E-state index in [1.807, 2.05) is 30.3 Å². The maximum Gasteiger partial charge on any atom is 0.162 e. The molecular weight excluding hydrogens is 188 g/mol. The molecule has 76 valence electrons. The molecule has 2 heteroatoms. The van der Waals surface area contributed by atoms with Crippen LogP contribution in [0.5, 0.6) is 5.75 Å². The van der Waals surface area contributed by atoms with Crippen LogP contribution in [0.25, 0.3) is 6.08 Å². The number of carbonyl (C=O) groups is 1. The topological polar surface area (TPSA) is 26.3 Å². The molecule has 1 unspecified atom stereocenters. The molecule has 1 saturated carbocycles. The van der Waals surface area contributed by atoms with Crippen LogP contribution in [0.3, 0.4) is 0 Å². The number of Topliss-reactive ketones (excluding diaryl/α,β-unsaturated/α-hetero) is 1. The van der Waals surface area contributed by atoms with Crippen LogP contribution in [0.1, 0.15) is 24.8 Å². The molecule has 1 heterocycles. The Morgan fingerprint density at radius 3 is 3.07 bits per heavy atom. The number of carbonyl (C=O) groups excluding carboxylic acids is 1. The summed E-state index contributed by atoms with van der Waals surface area (Å²) in [7, 11) is 0. The van der Waals surface area contributed by atoms with Crippen LogP contribution in [-0.2, 0) is 4.79 Å². The van der Waals surface area contributed by atoms with Crippen molar-refractivity contribution in [2.45, 2.75) is 25.4 Å². The van der Waals surface area contributed by atoms with Crippen LogP contribution in [0.4, 0.5) is 0 Å². The summed E-state index contributed by atoms with van der Waals surface area (Å²) in [5, 5.41) is 0. The van der Waals surface area contributed by atoms with Crippen molar-refractivity contribution in [3.05, 3.63) is 35.4 Å². The third-order valence-electron chi connectivity index (χ3n) is 3.04. The van der Waals surface area contributed by atoms with Crippen molar-refractivity contribution in [2.24, 2.45) is 0 Å².